The minimum absolute atomic E-state index is 0.0403. The molecule has 0 saturated carbocycles. The first-order chi connectivity index (χ1) is 16.0. The molecule has 3 aromatic carbocycles. The van der Waals surface area contributed by atoms with E-state index in [0.29, 0.717) is 22.8 Å². The fourth-order valence-electron chi connectivity index (χ4n) is 3.54. The molecule has 0 aliphatic heterocycles. The van der Waals surface area contributed by atoms with Gasteiger partial charge in [-0.25, -0.2) is 14.4 Å². The average molecular weight is 441 g/mol. The number of nitrogens with one attached hydrogen (secondary N) is 1. The minimum atomic E-state index is -0.331. The van der Waals surface area contributed by atoms with Crippen LogP contribution >= 0.6 is 0 Å². The minimum Gasteiger partial charge on any atom is -0.504 e. The van der Waals surface area contributed by atoms with Gasteiger partial charge in [-0.2, -0.15) is 0 Å². The van der Waals surface area contributed by atoms with Gasteiger partial charge in [-0.1, -0.05) is 12.1 Å². The van der Waals surface area contributed by atoms with E-state index in [1.807, 2.05) is 37.3 Å². The number of phenolic OH excluding ortho intramolecular Hbond substituents is 1. The van der Waals surface area contributed by atoms with Crippen LogP contribution in [0.4, 0.5) is 15.9 Å². The van der Waals surface area contributed by atoms with Crippen LogP contribution in [0.25, 0.3) is 22.2 Å². The number of anilines is 2. The summed E-state index contributed by atoms with van der Waals surface area (Å²) in [6, 6.07) is 20.8. The van der Waals surface area contributed by atoms with Crippen molar-refractivity contribution in [1.82, 2.24) is 9.97 Å². The van der Waals surface area contributed by atoms with Crippen molar-refractivity contribution in [2.75, 3.05) is 5.32 Å². The Bertz CT molecular complexity index is 1450. The Morgan fingerprint density at radius 2 is 1.91 bits per heavy atom. The third-order valence-corrected chi connectivity index (χ3v) is 5.17. The van der Waals surface area contributed by atoms with Crippen LogP contribution in [0.5, 0.6) is 11.5 Å². The molecule has 0 aliphatic rings. The van der Waals surface area contributed by atoms with E-state index in [0.717, 1.165) is 28.0 Å². The first-order valence-corrected chi connectivity index (χ1v) is 10.3. The Morgan fingerprint density at radius 3 is 2.70 bits per heavy atom. The van der Waals surface area contributed by atoms with Crippen molar-refractivity contribution in [3.63, 3.8) is 0 Å². The van der Waals surface area contributed by atoms with E-state index in [2.05, 4.69) is 15.3 Å². The van der Waals surface area contributed by atoms with Crippen molar-refractivity contribution >= 4 is 22.4 Å². The zero-order valence-electron chi connectivity index (χ0n) is 17.7. The van der Waals surface area contributed by atoms with Crippen LogP contribution in [0.2, 0.25) is 0 Å². The summed E-state index contributed by atoms with van der Waals surface area (Å²) in [5, 5.41) is 14.5. The van der Waals surface area contributed by atoms with Crippen LogP contribution in [0.3, 0.4) is 0 Å². The molecule has 2 N–H and O–H groups in total. The predicted octanol–water partition coefficient (Wildman–Crippen LogP) is 6.37. The molecule has 5 aromatic rings. The largest absolute Gasteiger partial charge is 0.504 e. The van der Waals surface area contributed by atoms with Gasteiger partial charge in [0.1, 0.15) is 36.1 Å². The number of rotatable bonds is 6. The van der Waals surface area contributed by atoms with E-state index in [4.69, 9.17) is 9.15 Å². The summed E-state index contributed by atoms with van der Waals surface area (Å²) in [5.74, 6) is 2.12. The number of halogens is 1. The molecular weight excluding hydrogens is 421 g/mol. The highest BCUT2D eigenvalue weighted by atomic mass is 19.1. The lowest BCUT2D eigenvalue weighted by atomic mass is 10.1. The monoisotopic (exact) mass is 441 g/mol. The molecule has 7 heteroatoms. The Labute approximate surface area is 189 Å². The van der Waals surface area contributed by atoms with E-state index in [1.54, 1.807) is 30.3 Å². The highest BCUT2D eigenvalue weighted by Gasteiger charge is 2.10. The van der Waals surface area contributed by atoms with Crippen LogP contribution in [-0.4, -0.2) is 15.1 Å². The van der Waals surface area contributed by atoms with Crippen molar-refractivity contribution in [3.05, 3.63) is 96.3 Å². The highest BCUT2D eigenvalue weighted by Crippen LogP contribution is 2.33. The predicted molar refractivity (Wildman–Crippen MR) is 124 cm³/mol. The van der Waals surface area contributed by atoms with Crippen LogP contribution in [0.15, 0.2) is 83.5 Å². The lowest BCUT2D eigenvalue weighted by Crippen LogP contribution is -1.98. The fraction of sp³-hybridized carbons (Fsp3) is 0.0769. The molecule has 0 aliphatic carbocycles. The molecule has 0 bridgehead atoms. The Kier molecular flexibility index (Phi) is 5.36. The molecule has 0 spiro atoms. The van der Waals surface area contributed by atoms with Gasteiger partial charge in [0.05, 0.1) is 5.52 Å². The molecule has 0 fully saturated rings. The summed E-state index contributed by atoms with van der Waals surface area (Å²) >= 11 is 0. The zero-order chi connectivity index (χ0) is 22.8. The second kappa shape index (κ2) is 8.63. The summed E-state index contributed by atoms with van der Waals surface area (Å²) in [6.45, 7) is 2.04. The van der Waals surface area contributed by atoms with Crippen LogP contribution in [0, 0.1) is 12.7 Å². The average Bonchev–Trinajstić information content (AvgIpc) is 3.25. The van der Waals surface area contributed by atoms with Crippen LogP contribution in [0.1, 0.15) is 11.3 Å². The van der Waals surface area contributed by atoms with Gasteiger partial charge in [0, 0.05) is 22.7 Å². The van der Waals surface area contributed by atoms with Gasteiger partial charge in [-0.05, 0) is 67.1 Å². The lowest BCUT2D eigenvalue weighted by molar-refractivity contribution is 0.288. The molecule has 2 heterocycles. The van der Waals surface area contributed by atoms with Crippen molar-refractivity contribution in [2.45, 2.75) is 13.5 Å². The van der Waals surface area contributed by atoms with E-state index in [-0.39, 0.29) is 18.2 Å². The molecular formula is C26H20FN3O3. The molecule has 0 radical (unpaired) electrons. The van der Waals surface area contributed by atoms with Crippen LogP contribution in [-0.2, 0) is 6.61 Å². The molecule has 33 heavy (non-hydrogen) atoms. The van der Waals surface area contributed by atoms with E-state index in [9.17, 15) is 9.50 Å². The summed E-state index contributed by atoms with van der Waals surface area (Å²) in [5.41, 5.74) is 2.99. The van der Waals surface area contributed by atoms with Gasteiger partial charge in [-0.15, -0.1) is 0 Å². The molecule has 5 rings (SSSR count). The summed E-state index contributed by atoms with van der Waals surface area (Å²) in [7, 11) is 0. The maximum absolute atomic E-state index is 13.3. The number of hydrogen-bond donors (Lipinski definition) is 2. The Morgan fingerprint density at radius 1 is 1.00 bits per heavy atom. The van der Waals surface area contributed by atoms with Gasteiger partial charge >= 0.3 is 0 Å². The molecule has 6 nitrogen and oxygen atoms in total. The number of nitrogens with zero attached hydrogens (tertiary/aromatic N) is 2. The number of benzene rings is 3. The van der Waals surface area contributed by atoms with Crippen molar-refractivity contribution in [2.24, 2.45) is 0 Å². The molecule has 2 aromatic heterocycles. The van der Waals surface area contributed by atoms with Crippen molar-refractivity contribution < 1.29 is 18.7 Å². The van der Waals surface area contributed by atoms with E-state index >= 15 is 0 Å². The quantitative estimate of drug-likeness (QED) is 0.319. The number of hydrogen-bond acceptors (Lipinski definition) is 6. The second-order valence-corrected chi connectivity index (χ2v) is 7.59. The second-order valence-electron chi connectivity index (χ2n) is 7.59. The Balaban J connectivity index is 1.38. The van der Waals surface area contributed by atoms with E-state index < -0.39 is 0 Å². The van der Waals surface area contributed by atoms with Gasteiger partial charge in [0.15, 0.2) is 11.5 Å². The SMILES string of the molecule is Cc1ccc(-c2ccc3ncnc(Nc4ccc(OCc5cccc(F)c5)c(O)c4)c3c2)o1. The molecule has 0 amide bonds. The highest BCUT2D eigenvalue weighted by molar-refractivity contribution is 5.93. The molecule has 0 atom stereocenters. The Hall–Kier alpha value is -4.39. The summed E-state index contributed by atoms with van der Waals surface area (Å²) in [4.78, 5) is 8.71. The third kappa shape index (κ3) is 4.48. The number of furan rings is 1. The normalized spacial score (nSPS) is 11.0. The maximum Gasteiger partial charge on any atom is 0.161 e. The number of fused-ring (bicyclic) bond motifs is 1. The first kappa shape index (κ1) is 20.5. The molecule has 164 valence electrons. The maximum atomic E-state index is 13.3. The summed E-state index contributed by atoms with van der Waals surface area (Å²) in [6.07, 6.45) is 1.48. The van der Waals surface area contributed by atoms with Crippen LogP contribution < -0.4 is 10.1 Å². The topological polar surface area (TPSA) is 80.4 Å². The number of ether oxygens (including phenoxy) is 1. The standard InChI is InChI=1S/C26H20FN3O3/c1-16-5-9-24(33-16)18-6-8-22-21(12-18)26(29-15-28-22)30-20-7-10-25(23(31)13-20)32-14-17-3-2-4-19(27)11-17/h2-13,15,31H,14H2,1H3,(H,28,29,30). The zero-order valence-corrected chi connectivity index (χ0v) is 17.7. The van der Waals surface area contributed by atoms with Crippen molar-refractivity contribution in [1.29, 1.82) is 0 Å². The van der Waals surface area contributed by atoms with Gasteiger partial charge in [0.25, 0.3) is 0 Å². The number of aryl methyl sites for hydroxylation is 1. The number of aromatic hydroxyl groups is 1. The molecule has 0 unspecified atom stereocenters. The smallest absolute Gasteiger partial charge is 0.161 e. The summed E-state index contributed by atoms with van der Waals surface area (Å²) < 4.78 is 24.7. The first-order valence-electron chi connectivity index (χ1n) is 10.3. The number of aromatic nitrogens is 2. The fourth-order valence-corrected chi connectivity index (χ4v) is 3.54. The van der Waals surface area contributed by atoms with Gasteiger partial charge in [0.2, 0.25) is 0 Å². The van der Waals surface area contributed by atoms with Gasteiger partial charge in [-0.3, -0.25) is 0 Å². The van der Waals surface area contributed by atoms with Gasteiger partial charge < -0.3 is 19.6 Å². The van der Waals surface area contributed by atoms with Crippen molar-refractivity contribution in [3.8, 4) is 22.8 Å². The lowest BCUT2D eigenvalue weighted by Gasteiger charge is -2.12. The third-order valence-electron chi connectivity index (χ3n) is 5.17. The molecule has 0 saturated heterocycles. The number of phenols is 1. The van der Waals surface area contributed by atoms with E-state index in [1.165, 1.54) is 18.5 Å².